The maximum absolute atomic E-state index is 5.62. The van der Waals surface area contributed by atoms with Gasteiger partial charge in [0.2, 0.25) is 0 Å². The molecule has 264 valence electrons. The van der Waals surface area contributed by atoms with Crippen molar-refractivity contribution < 1.29 is 43.5 Å². The van der Waals surface area contributed by atoms with Crippen LogP contribution in [0.2, 0.25) is 0 Å². The zero-order valence-electron chi connectivity index (χ0n) is 33.1. The van der Waals surface area contributed by atoms with Crippen LogP contribution in [0.3, 0.4) is 0 Å². The molecule has 2 aromatic rings. The van der Waals surface area contributed by atoms with Gasteiger partial charge in [-0.25, -0.2) is 0 Å². The van der Waals surface area contributed by atoms with Crippen LogP contribution in [0.1, 0.15) is 92.0 Å². The second-order valence-electron chi connectivity index (χ2n) is 12.6. The van der Waals surface area contributed by atoms with Crippen LogP contribution in [-0.2, 0) is 4.74 Å². The van der Waals surface area contributed by atoms with Crippen molar-refractivity contribution in [1.29, 1.82) is 0 Å². The third kappa shape index (κ3) is 13.5. The van der Waals surface area contributed by atoms with E-state index in [0.29, 0.717) is 11.8 Å². The topological polar surface area (TPSA) is 46.2 Å². The maximum atomic E-state index is 5.62. The predicted octanol–water partition coefficient (Wildman–Crippen LogP) is 7.27. The van der Waals surface area contributed by atoms with Crippen LogP contribution >= 0.6 is 15.9 Å². The van der Waals surface area contributed by atoms with Gasteiger partial charge in [0.1, 0.15) is 11.5 Å². The van der Waals surface area contributed by atoms with E-state index in [9.17, 15) is 0 Å². The molecule has 0 N–H and O–H groups in total. The van der Waals surface area contributed by atoms with Gasteiger partial charge in [0.15, 0.2) is 0 Å². The van der Waals surface area contributed by atoms with Gasteiger partial charge >= 0.3 is 46.1 Å². The summed E-state index contributed by atoms with van der Waals surface area (Å²) in [5.74, 6) is 4.79. The molecule has 1 aliphatic heterocycles. The molecule has 5 nitrogen and oxygen atoms in total. The molecule has 9 heteroatoms. The molecule has 1 saturated heterocycles. The van der Waals surface area contributed by atoms with Gasteiger partial charge in [-0.1, -0.05) is 69.1 Å². The molecule has 1 heterocycles. The molecular formula is C40H56Br2Mg2O5. The molecule has 2 aliphatic carbocycles. The maximum Gasteiger partial charge on any atom is 2.00 e. The SMILES string of the molecule is C1CCOC1.C=C(C)[C@@H]1CCC(C)=C[C@H]1c1c(OC)c[c-]cc1OC.C=C(C)[C@@H]1CCC(C)=C[C@H]1c1c(OC)cc(Br)cc1OC.[Br-].[H-].[H-].[Mg+2].[Mg+2]. The fourth-order valence-electron chi connectivity index (χ4n) is 6.69. The minimum atomic E-state index is 0. The van der Waals surface area contributed by atoms with Crippen molar-refractivity contribution >= 4 is 62.0 Å². The van der Waals surface area contributed by atoms with Gasteiger partial charge < -0.3 is 43.5 Å². The van der Waals surface area contributed by atoms with Crippen molar-refractivity contribution in [1.82, 2.24) is 0 Å². The first-order chi connectivity index (χ1) is 22.1. The van der Waals surface area contributed by atoms with Crippen molar-refractivity contribution in [2.24, 2.45) is 11.8 Å². The van der Waals surface area contributed by atoms with Crippen LogP contribution in [0.5, 0.6) is 23.0 Å². The molecule has 0 bridgehead atoms. The smallest absolute Gasteiger partial charge is 1.00 e. The molecule has 3 aliphatic rings. The van der Waals surface area contributed by atoms with Gasteiger partial charge in [-0.05, 0) is 96.1 Å². The van der Waals surface area contributed by atoms with Crippen LogP contribution in [0.15, 0.2) is 76.3 Å². The fourth-order valence-corrected chi connectivity index (χ4v) is 7.11. The number of hydrogen-bond acceptors (Lipinski definition) is 5. The Morgan fingerprint density at radius 3 is 1.41 bits per heavy atom. The summed E-state index contributed by atoms with van der Waals surface area (Å²) >= 11 is 3.52. The first-order valence-corrected chi connectivity index (χ1v) is 17.1. The van der Waals surface area contributed by atoms with Gasteiger partial charge in [0.25, 0.3) is 0 Å². The van der Waals surface area contributed by atoms with E-state index in [1.54, 1.807) is 28.4 Å². The summed E-state index contributed by atoms with van der Waals surface area (Å²) in [6, 6.07) is 10.8. The molecule has 4 atom stereocenters. The van der Waals surface area contributed by atoms with Crippen molar-refractivity contribution in [3.05, 3.63) is 93.5 Å². The molecule has 0 spiro atoms. The number of ether oxygens (including phenoxy) is 5. The summed E-state index contributed by atoms with van der Waals surface area (Å²) in [5, 5.41) is 0. The molecule has 1 fully saturated rings. The number of halogens is 2. The number of rotatable bonds is 8. The third-order valence-electron chi connectivity index (χ3n) is 9.16. The predicted molar refractivity (Wildman–Crippen MR) is 207 cm³/mol. The molecule has 5 rings (SSSR count). The van der Waals surface area contributed by atoms with E-state index in [1.807, 2.05) is 24.3 Å². The summed E-state index contributed by atoms with van der Waals surface area (Å²) in [6.45, 7) is 19.0. The summed E-state index contributed by atoms with van der Waals surface area (Å²) in [5.41, 5.74) is 7.51. The van der Waals surface area contributed by atoms with Gasteiger partial charge in [0.05, 0.1) is 28.4 Å². The minimum Gasteiger partial charge on any atom is -1.00 e. The fraction of sp³-hybridized carbons (Fsp3) is 0.500. The van der Waals surface area contributed by atoms with Crippen molar-refractivity contribution in [3.63, 3.8) is 0 Å². The summed E-state index contributed by atoms with van der Waals surface area (Å²) < 4.78 is 28.2. The van der Waals surface area contributed by atoms with Crippen LogP contribution in [0.4, 0.5) is 0 Å². The van der Waals surface area contributed by atoms with Gasteiger partial charge in [-0.3, -0.25) is 0 Å². The Hall–Kier alpha value is -0.948. The Balaban J connectivity index is -0.000000729. The average molecular weight is 825 g/mol. The molecule has 2 aromatic carbocycles. The van der Waals surface area contributed by atoms with Crippen LogP contribution in [0.25, 0.3) is 0 Å². The zero-order valence-corrected chi connectivity index (χ0v) is 37.1. The first kappa shape index (κ1) is 48.1. The van der Waals surface area contributed by atoms with Crippen molar-refractivity contribution in [2.75, 3.05) is 41.7 Å². The van der Waals surface area contributed by atoms with Crippen LogP contribution in [0, 0.1) is 17.9 Å². The summed E-state index contributed by atoms with van der Waals surface area (Å²) in [4.78, 5) is 0. The Morgan fingerprint density at radius 2 is 1.10 bits per heavy atom. The van der Waals surface area contributed by atoms with Crippen molar-refractivity contribution in [2.45, 2.75) is 78.1 Å². The molecule has 0 aromatic heterocycles. The molecular weight excluding hydrogens is 769 g/mol. The van der Waals surface area contributed by atoms with E-state index < -0.39 is 0 Å². The quantitative estimate of drug-likeness (QED) is 0.160. The minimum absolute atomic E-state index is 0. The van der Waals surface area contributed by atoms with E-state index in [1.165, 1.54) is 35.1 Å². The number of benzene rings is 2. The standard InChI is InChI=1S/C18H23BrO2.C18H23O2.C4H8O.BrH.2Mg.2H/c1-11(2)14-7-6-12(3)8-15(14)18-16(20-4)9-13(19)10-17(18)21-5;1-12(2)14-10-9-13(3)11-15(14)18-16(19-4)7-6-8-17(18)20-5;1-2-4-5-3-1;;;;;/h8-10,14-15H,1,6-7H2,2-5H3;7-8,11,14-15H,1,9-10H2,2-5H3;1-4H2;1H;;;;/q;-1;;;2*+2;2*-1/p-1/t2*14-,15+;;;;;;/m00....../s1. The first-order valence-electron chi connectivity index (χ1n) is 16.3. The van der Waals surface area contributed by atoms with Gasteiger partial charge in [-0.15, -0.1) is 12.1 Å². The van der Waals surface area contributed by atoms with Gasteiger partial charge in [-0.2, -0.15) is 6.07 Å². The molecule has 0 saturated carbocycles. The number of methoxy groups -OCH3 is 4. The Bertz CT molecular complexity index is 1360. The second kappa shape index (κ2) is 24.3. The van der Waals surface area contributed by atoms with Crippen LogP contribution < -0.4 is 35.9 Å². The number of allylic oxidation sites excluding steroid dienone is 6. The molecule has 49 heavy (non-hydrogen) atoms. The van der Waals surface area contributed by atoms with E-state index in [2.05, 4.69) is 75.0 Å². The van der Waals surface area contributed by atoms with Gasteiger partial charge in [0, 0.05) is 40.7 Å². The van der Waals surface area contributed by atoms with Crippen LogP contribution in [-0.4, -0.2) is 87.8 Å². The van der Waals surface area contributed by atoms with E-state index in [4.69, 9.17) is 23.7 Å². The van der Waals surface area contributed by atoms with E-state index >= 15 is 0 Å². The zero-order chi connectivity index (χ0) is 33.8. The van der Waals surface area contributed by atoms with E-state index in [-0.39, 0.29) is 77.8 Å². The third-order valence-corrected chi connectivity index (χ3v) is 9.62. The summed E-state index contributed by atoms with van der Waals surface area (Å²) in [7, 11) is 6.81. The molecule has 0 amide bonds. The largest absolute Gasteiger partial charge is 2.00 e. The number of hydrogen-bond donors (Lipinski definition) is 0. The Kier molecular flexibility index (Phi) is 23.9. The van der Waals surface area contributed by atoms with E-state index in [0.717, 1.165) is 77.5 Å². The Morgan fingerprint density at radius 1 is 0.735 bits per heavy atom. The normalized spacial score (nSPS) is 20.8. The summed E-state index contributed by atoms with van der Waals surface area (Å²) in [6.07, 6.45) is 11.8. The monoisotopic (exact) mass is 822 g/mol. The molecule has 0 unspecified atom stereocenters. The second-order valence-corrected chi connectivity index (χ2v) is 13.5. The Labute approximate surface area is 350 Å². The van der Waals surface area contributed by atoms with Crippen molar-refractivity contribution in [3.8, 4) is 23.0 Å². The average Bonchev–Trinajstić information content (AvgIpc) is 3.64. The molecule has 0 radical (unpaired) electrons.